The van der Waals surface area contributed by atoms with Crippen molar-refractivity contribution in [1.82, 2.24) is 4.90 Å². The van der Waals surface area contributed by atoms with Gasteiger partial charge < -0.3 is 14.5 Å². The predicted octanol–water partition coefficient (Wildman–Crippen LogP) is 3.53. The Labute approximate surface area is 164 Å². The fraction of sp³-hybridized carbons (Fsp3) is 0.364. The molecule has 148 valence electrons. The first-order valence-corrected chi connectivity index (χ1v) is 9.51. The molecule has 5 nitrogen and oxygen atoms in total. The number of nitrogens with zero attached hydrogens (tertiary/aromatic N) is 2. The summed E-state index contributed by atoms with van der Waals surface area (Å²) in [5.41, 5.74) is 1.49. The fourth-order valence-electron chi connectivity index (χ4n) is 3.37. The molecule has 0 saturated heterocycles. The van der Waals surface area contributed by atoms with Gasteiger partial charge in [0, 0.05) is 32.0 Å². The van der Waals surface area contributed by atoms with Gasteiger partial charge in [0.15, 0.2) is 5.78 Å². The molecule has 1 atom stereocenters. The highest BCUT2D eigenvalue weighted by Gasteiger charge is 2.26. The normalized spacial score (nSPS) is 15.5. The maximum atomic E-state index is 13.0. The highest BCUT2D eigenvalue weighted by Crippen LogP contribution is 2.32. The Bertz CT molecular complexity index is 838. The van der Waals surface area contributed by atoms with Gasteiger partial charge in [-0.25, -0.2) is 4.39 Å². The third-order valence-electron chi connectivity index (χ3n) is 4.94. The Morgan fingerprint density at radius 3 is 2.57 bits per heavy atom. The van der Waals surface area contributed by atoms with Crippen LogP contribution in [0.2, 0.25) is 0 Å². The summed E-state index contributed by atoms with van der Waals surface area (Å²) >= 11 is 0. The third kappa shape index (κ3) is 4.68. The number of hydrogen-bond acceptors (Lipinski definition) is 4. The molecule has 0 saturated carbocycles. The molecule has 0 radical (unpaired) electrons. The lowest BCUT2D eigenvalue weighted by molar-refractivity contribution is -0.130. The molecule has 1 aliphatic heterocycles. The van der Waals surface area contributed by atoms with Crippen LogP contribution in [0.15, 0.2) is 48.5 Å². The molecular weight excluding hydrogens is 359 g/mol. The Hall–Kier alpha value is -2.89. The maximum Gasteiger partial charge on any atom is 0.222 e. The number of carbonyl (C=O) groups excluding carboxylic acids is 2. The lowest BCUT2D eigenvalue weighted by Gasteiger charge is -2.37. The number of rotatable bonds is 7. The summed E-state index contributed by atoms with van der Waals surface area (Å²) in [6.45, 7) is 4.11. The van der Waals surface area contributed by atoms with Crippen molar-refractivity contribution in [3.05, 3.63) is 59.9 Å². The van der Waals surface area contributed by atoms with Crippen LogP contribution in [0.1, 0.15) is 30.1 Å². The van der Waals surface area contributed by atoms with E-state index in [1.54, 1.807) is 11.9 Å². The zero-order valence-corrected chi connectivity index (χ0v) is 16.2. The summed E-state index contributed by atoms with van der Waals surface area (Å²) in [6.07, 6.45) is 0.0918. The molecule has 2 aromatic carbocycles. The maximum absolute atomic E-state index is 13.0. The van der Waals surface area contributed by atoms with Crippen LogP contribution in [0.25, 0.3) is 0 Å². The van der Waals surface area contributed by atoms with E-state index in [1.807, 2.05) is 24.3 Å². The van der Waals surface area contributed by atoms with Crippen molar-refractivity contribution in [2.24, 2.45) is 0 Å². The molecule has 0 aromatic heterocycles. The first-order valence-electron chi connectivity index (χ1n) is 9.51. The molecule has 3 rings (SSSR count). The number of likely N-dealkylation sites (N-methyl/N-ethyl adjacent to an activating group) is 2. The second-order valence-electron chi connectivity index (χ2n) is 6.95. The van der Waals surface area contributed by atoms with E-state index in [-0.39, 0.29) is 36.5 Å². The molecule has 1 aliphatic rings. The molecular formula is C22H25FN2O3. The number of carbonyl (C=O) groups is 2. The van der Waals surface area contributed by atoms with E-state index < -0.39 is 0 Å². The van der Waals surface area contributed by atoms with E-state index in [9.17, 15) is 14.0 Å². The highest BCUT2D eigenvalue weighted by atomic mass is 19.1. The minimum Gasteiger partial charge on any atom is -0.485 e. The molecule has 0 aliphatic carbocycles. The van der Waals surface area contributed by atoms with E-state index in [0.717, 1.165) is 18.0 Å². The van der Waals surface area contributed by atoms with E-state index in [2.05, 4.69) is 11.8 Å². The Balaban J connectivity index is 1.53. The first-order chi connectivity index (χ1) is 13.5. The van der Waals surface area contributed by atoms with E-state index in [1.165, 1.54) is 24.3 Å². The number of anilines is 1. The molecule has 1 heterocycles. The number of amides is 1. The topological polar surface area (TPSA) is 49.9 Å². The van der Waals surface area contributed by atoms with Crippen LogP contribution in [-0.2, 0) is 4.79 Å². The Morgan fingerprint density at radius 2 is 1.86 bits per heavy atom. The number of ketones is 1. The summed E-state index contributed by atoms with van der Waals surface area (Å²) in [4.78, 5) is 28.5. The first kappa shape index (κ1) is 19.9. The van der Waals surface area contributed by atoms with Gasteiger partial charge in [0.2, 0.25) is 5.91 Å². The van der Waals surface area contributed by atoms with E-state index in [0.29, 0.717) is 18.7 Å². The third-order valence-corrected chi connectivity index (χ3v) is 4.94. The number of fused-ring (bicyclic) bond motifs is 1. The van der Waals surface area contributed by atoms with Crippen molar-refractivity contribution in [2.75, 3.05) is 31.6 Å². The second-order valence-corrected chi connectivity index (χ2v) is 6.95. The van der Waals surface area contributed by atoms with Crippen molar-refractivity contribution >= 4 is 17.4 Å². The van der Waals surface area contributed by atoms with Crippen molar-refractivity contribution in [2.45, 2.75) is 25.9 Å². The average Bonchev–Trinajstić information content (AvgIpc) is 2.71. The number of benzene rings is 2. The van der Waals surface area contributed by atoms with Gasteiger partial charge in [0.25, 0.3) is 0 Å². The molecule has 2 aromatic rings. The van der Waals surface area contributed by atoms with Crippen LogP contribution in [-0.4, -0.2) is 49.4 Å². The minimum atomic E-state index is -0.387. The fourth-order valence-corrected chi connectivity index (χ4v) is 3.37. The number of ether oxygens (including phenoxy) is 1. The minimum absolute atomic E-state index is 0.101. The zero-order chi connectivity index (χ0) is 20.1. The second kappa shape index (κ2) is 8.87. The van der Waals surface area contributed by atoms with Gasteiger partial charge in [-0.05, 0) is 43.3 Å². The van der Waals surface area contributed by atoms with Crippen LogP contribution in [0.3, 0.4) is 0 Å². The summed E-state index contributed by atoms with van der Waals surface area (Å²) < 4.78 is 19.0. The van der Waals surface area contributed by atoms with Crippen molar-refractivity contribution in [3.8, 4) is 5.75 Å². The van der Waals surface area contributed by atoms with Crippen LogP contribution < -0.4 is 9.64 Å². The summed E-state index contributed by atoms with van der Waals surface area (Å²) in [6, 6.07) is 13.3. The highest BCUT2D eigenvalue weighted by molar-refractivity contribution is 5.97. The van der Waals surface area contributed by atoms with Crippen molar-refractivity contribution in [1.29, 1.82) is 0 Å². The number of para-hydroxylation sites is 2. The molecule has 1 amide bonds. The molecule has 0 unspecified atom stereocenters. The Morgan fingerprint density at radius 1 is 1.14 bits per heavy atom. The number of Topliss-reactive ketones (excluding diaryl/α,β-unsaturated/α-hetero) is 1. The monoisotopic (exact) mass is 384 g/mol. The van der Waals surface area contributed by atoms with Gasteiger partial charge in [0.05, 0.1) is 18.8 Å². The van der Waals surface area contributed by atoms with Crippen LogP contribution in [0, 0.1) is 5.82 Å². The average molecular weight is 384 g/mol. The molecule has 0 spiro atoms. The van der Waals surface area contributed by atoms with Crippen molar-refractivity contribution in [3.63, 3.8) is 0 Å². The standard InChI is InChI=1S/C22H25FN2O3/c1-3-25-15-18(28-21-7-5-4-6-19(21)25)14-24(2)22(27)13-12-20(26)16-8-10-17(23)11-9-16/h4-11,18H,3,12-15H2,1-2H3/t18-/m1/s1. The van der Waals surface area contributed by atoms with Gasteiger partial charge in [-0.2, -0.15) is 0 Å². The quantitative estimate of drug-likeness (QED) is 0.685. The number of halogens is 1. The lowest BCUT2D eigenvalue weighted by Crippen LogP contribution is -2.46. The SMILES string of the molecule is CCN1C[C@@H](CN(C)C(=O)CCC(=O)c2ccc(F)cc2)Oc2ccccc21. The summed E-state index contributed by atoms with van der Waals surface area (Å²) in [7, 11) is 1.73. The molecule has 6 heteroatoms. The zero-order valence-electron chi connectivity index (χ0n) is 16.2. The number of hydrogen-bond donors (Lipinski definition) is 0. The van der Waals surface area contributed by atoms with Crippen LogP contribution >= 0.6 is 0 Å². The van der Waals surface area contributed by atoms with E-state index in [4.69, 9.17) is 4.74 Å². The molecule has 0 fully saturated rings. The summed E-state index contributed by atoms with van der Waals surface area (Å²) in [5, 5.41) is 0. The molecule has 28 heavy (non-hydrogen) atoms. The summed E-state index contributed by atoms with van der Waals surface area (Å²) in [5.74, 6) is 0.165. The van der Waals surface area contributed by atoms with Gasteiger partial charge in [0.1, 0.15) is 17.7 Å². The van der Waals surface area contributed by atoms with E-state index >= 15 is 0 Å². The van der Waals surface area contributed by atoms with Gasteiger partial charge in [-0.1, -0.05) is 12.1 Å². The van der Waals surface area contributed by atoms with Crippen LogP contribution in [0.4, 0.5) is 10.1 Å². The molecule has 0 N–H and O–H groups in total. The van der Waals surface area contributed by atoms with Gasteiger partial charge in [-0.3, -0.25) is 9.59 Å². The lowest BCUT2D eigenvalue weighted by atomic mass is 10.1. The van der Waals surface area contributed by atoms with Crippen molar-refractivity contribution < 1.29 is 18.7 Å². The van der Waals surface area contributed by atoms with Gasteiger partial charge >= 0.3 is 0 Å². The predicted molar refractivity (Wildman–Crippen MR) is 106 cm³/mol. The van der Waals surface area contributed by atoms with Crippen LogP contribution in [0.5, 0.6) is 5.75 Å². The largest absolute Gasteiger partial charge is 0.485 e. The molecule has 0 bridgehead atoms. The van der Waals surface area contributed by atoms with Gasteiger partial charge in [-0.15, -0.1) is 0 Å². The smallest absolute Gasteiger partial charge is 0.222 e. The Kier molecular flexibility index (Phi) is 6.29.